The van der Waals surface area contributed by atoms with Crippen LogP contribution >= 0.6 is 0 Å². The minimum Gasteiger partial charge on any atom is -0.493 e. The Morgan fingerprint density at radius 3 is 2.33 bits per heavy atom. The van der Waals surface area contributed by atoms with Crippen molar-refractivity contribution in [3.63, 3.8) is 0 Å². The first-order chi connectivity index (χ1) is 21.4. The van der Waals surface area contributed by atoms with Crippen LogP contribution in [0.1, 0.15) is 125 Å². The number of nitrogens with one attached hydrogen (secondary N) is 1. The molecule has 46 heavy (non-hydrogen) atoms. The van der Waals surface area contributed by atoms with E-state index < -0.39 is 41.1 Å². The van der Waals surface area contributed by atoms with E-state index in [-0.39, 0.29) is 24.3 Å². The van der Waals surface area contributed by atoms with Gasteiger partial charge in [0.1, 0.15) is 17.1 Å². The van der Waals surface area contributed by atoms with Crippen LogP contribution in [0.3, 0.4) is 0 Å². The van der Waals surface area contributed by atoms with Gasteiger partial charge in [-0.25, -0.2) is 4.79 Å². The van der Waals surface area contributed by atoms with Crippen molar-refractivity contribution in [2.45, 2.75) is 144 Å². The predicted octanol–water partition coefficient (Wildman–Crippen LogP) is 7.43. The zero-order valence-corrected chi connectivity index (χ0v) is 30.8. The van der Waals surface area contributed by atoms with E-state index in [1.807, 2.05) is 66.7 Å². The molecule has 1 aliphatic heterocycles. The van der Waals surface area contributed by atoms with Crippen LogP contribution < -0.4 is 10.1 Å². The van der Waals surface area contributed by atoms with Gasteiger partial charge < -0.3 is 29.4 Å². The fraction of sp³-hybridized carbons (Fsp3) is 0.784. The molecule has 0 bridgehead atoms. The number of benzene rings is 1. The molecule has 264 valence electrons. The number of aliphatic hydroxyl groups is 1. The molecule has 0 spiro atoms. The first-order valence-electron chi connectivity index (χ1n) is 17.3. The minimum absolute atomic E-state index is 0.0358. The Bertz CT molecular complexity index is 1110. The van der Waals surface area contributed by atoms with Crippen molar-refractivity contribution in [3.8, 4) is 5.75 Å². The largest absolute Gasteiger partial charge is 0.493 e. The van der Waals surface area contributed by atoms with Crippen LogP contribution in [0, 0.1) is 17.3 Å². The average molecular weight is 649 g/mol. The molecule has 3 unspecified atom stereocenters. The van der Waals surface area contributed by atoms with Crippen LogP contribution in [0.15, 0.2) is 18.2 Å². The van der Waals surface area contributed by atoms with Crippen molar-refractivity contribution >= 4 is 12.0 Å². The Balaban J connectivity index is 2.44. The van der Waals surface area contributed by atoms with E-state index >= 15 is 0 Å². The summed E-state index contributed by atoms with van der Waals surface area (Å²) >= 11 is 0. The Morgan fingerprint density at radius 2 is 1.76 bits per heavy atom. The van der Waals surface area contributed by atoms with Crippen LogP contribution in [0.2, 0.25) is 0 Å². The second-order valence-electron chi connectivity index (χ2n) is 15.2. The summed E-state index contributed by atoms with van der Waals surface area (Å²) in [5, 5.41) is 15.1. The van der Waals surface area contributed by atoms with Gasteiger partial charge in [-0.05, 0) is 82.9 Å². The molecule has 9 nitrogen and oxygen atoms in total. The monoisotopic (exact) mass is 648 g/mol. The lowest BCUT2D eigenvalue weighted by atomic mass is 9.80. The summed E-state index contributed by atoms with van der Waals surface area (Å²) in [5.41, 5.74) is -0.366. The van der Waals surface area contributed by atoms with E-state index in [9.17, 15) is 14.7 Å². The predicted molar refractivity (Wildman–Crippen MR) is 183 cm³/mol. The number of hydrogen-bond donors (Lipinski definition) is 2. The molecule has 0 aliphatic carbocycles. The van der Waals surface area contributed by atoms with Crippen molar-refractivity contribution in [1.29, 1.82) is 0 Å². The van der Waals surface area contributed by atoms with E-state index in [2.05, 4.69) is 33.0 Å². The second kappa shape index (κ2) is 17.2. The first-order valence-corrected chi connectivity index (χ1v) is 17.3. The third kappa shape index (κ3) is 11.1. The fourth-order valence-corrected chi connectivity index (χ4v) is 6.20. The lowest BCUT2D eigenvalue weighted by molar-refractivity contribution is -0.131. The second-order valence-corrected chi connectivity index (χ2v) is 15.2. The Kier molecular flexibility index (Phi) is 14.9. The first kappa shape index (κ1) is 39.8. The number of carbonyl (C=O) groups excluding carboxylic acids is 2. The van der Waals surface area contributed by atoms with Crippen LogP contribution in [0.4, 0.5) is 4.79 Å². The van der Waals surface area contributed by atoms with Gasteiger partial charge in [-0.3, -0.25) is 9.69 Å². The van der Waals surface area contributed by atoms with Gasteiger partial charge in [0.25, 0.3) is 0 Å². The molecule has 1 aliphatic rings. The van der Waals surface area contributed by atoms with E-state index in [1.165, 1.54) is 0 Å². The molecule has 1 heterocycles. The molecule has 2 amide bonds. The fourth-order valence-electron chi connectivity index (χ4n) is 6.20. The summed E-state index contributed by atoms with van der Waals surface area (Å²) in [7, 11) is 1.67. The van der Waals surface area contributed by atoms with Crippen molar-refractivity contribution in [1.82, 2.24) is 10.2 Å². The summed E-state index contributed by atoms with van der Waals surface area (Å²) in [6.45, 7) is 22.9. The van der Waals surface area contributed by atoms with Crippen LogP contribution in [0.5, 0.6) is 5.75 Å². The number of aliphatic hydroxyl groups excluding tert-OH is 1. The number of hydrogen-bond acceptors (Lipinski definition) is 7. The lowest BCUT2D eigenvalue weighted by Crippen LogP contribution is -2.52. The molecule has 1 aromatic carbocycles. The summed E-state index contributed by atoms with van der Waals surface area (Å²) in [6.07, 6.45) is 3.01. The van der Waals surface area contributed by atoms with Crippen LogP contribution in [-0.4, -0.2) is 72.3 Å². The molecule has 0 aromatic heterocycles. The van der Waals surface area contributed by atoms with Crippen molar-refractivity contribution in [2.24, 2.45) is 17.3 Å². The Morgan fingerprint density at radius 1 is 1.09 bits per heavy atom. The van der Waals surface area contributed by atoms with E-state index in [1.54, 1.807) is 12.0 Å². The van der Waals surface area contributed by atoms with E-state index in [0.717, 1.165) is 49.0 Å². The van der Waals surface area contributed by atoms with Crippen molar-refractivity contribution in [3.05, 3.63) is 29.3 Å². The Labute approximate surface area is 279 Å². The topological polar surface area (TPSA) is 107 Å². The zero-order chi connectivity index (χ0) is 34.9. The third-order valence-corrected chi connectivity index (χ3v) is 8.94. The van der Waals surface area contributed by atoms with Gasteiger partial charge in [0, 0.05) is 32.1 Å². The quantitative estimate of drug-likeness (QED) is 0.169. The van der Waals surface area contributed by atoms with Gasteiger partial charge in [-0.15, -0.1) is 0 Å². The number of nitrogens with zero attached hydrogens (tertiary/aromatic N) is 1. The summed E-state index contributed by atoms with van der Waals surface area (Å²) < 4.78 is 23.7. The summed E-state index contributed by atoms with van der Waals surface area (Å²) in [5.74, 6) is 0.566. The van der Waals surface area contributed by atoms with Gasteiger partial charge in [0.2, 0.25) is 5.91 Å². The molecule has 9 heteroatoms. The molecule has 2 rings (SSSR count). The number of ether oxygens (including phenoxy) is 4. The zero-order valence-electron chi connectivity index (χ0n) is 30.8. The third-order valence-electron chi connectivity index (χ3n) is 8.94. The highest BCUT2D eigenvalue weighted by molar-refractivity contribution is 5.81. The lowest BCUT2D eigenvalue weighted by Gasteiger charge is -2.38. The molecule has 2 N–H and O–H groups in total. The Hall–Kier alpha value is -2.36. The number of rotatable bonds is 17. The van der Waals surface area contributed by atoms with Gasteiger partial charge >= 0.3 is 6.09 Å². The number of methoxy groups -OCH3 is 1. The van der Waals surface area contributed by atoms with Crippen LogP contribution in [-0.2, 0) is 25.4 Å². The smallest absolute Gasteiger partial charge is 0.412 e. The summed E-state index contributed by atoms with van der Waals surface area (Å²) in [4.78, 5) is 28.7. The molecule has 1 fully saturated rings. The normalized spacial score (nSPS) is 19.7. The average Bonchev–Trinajstić information content (AvgIpc) is 3.22. The minimum atomic E-state index is -0.988. The maximum Gasteiger partial charge on any atom is 0.412 e. The molecular formula is C37H64N2O7. The standard InChI is InChI=1S/C37H64N2O7/c1-13-15-19-36(8,9)33(41)38-24-31-29(39(37(10,11)45-31)34(42)46-35(5,6)7)23-28(25(3)4)32(40)27-18-17-26(14-2)30(22-27)44-21-16-20-43-12/h17-18,22,25,28-29,31-32,40H,13-16,19-21,23-24H2,1-12H3,(H,38,41)/t28?,29-,31?,32?/m0/s1. The van der Waals surface area contributed by atoms with E-state index in [0.29, 0.717) is 19.6 Å². The van der Waals surface area contributed by atoms with Gasteiger partial charge in [0.15, 0.2) is 0 Å². The van der Waals surface area contributed by atoms with Crippen molar-refractivity contribution in [2.75, 3.05) is 26.9 Å². The molecule has 0 radical (unpaired) electrons. The molecule has 4 atom stereocenters. The highest BCUT2D eigenvalue weighted by atomic mass is 16.6. The van der Waals surface area contributed by atoms with Crippen molar-refractivity contribution < 1.29 is 33.6 Å². The number of carbonyl (C=O) groups is 2. The molecule has 1 saturated heterocycles. The number of aryl methyl sites for hydroxylation is 1. The summed E-state index contributed by atoms with van der Waals surface area (Å²) in [6, 6.07) is 5.49. The van der Waals surface area contributed by atoms with Gasteiger partial charge in [0.05, 0.1) is 24.9 Å². The van der Waals surface area contributed by atoms with Gasteiger partial charge in [-0.1, -0.05) is 66.5 Å². The number of amides is 2. The maximum atomic E-state index is 13.7. The number of unbranched alkanes of at least 4 members (excludes halogenated alkanes) is 1. The highest BCUT2D eigenvalue weighted by Crippen LogP contribution is 2.41. The SMILES string of the molecule is CCCCC(C)(C)C(=O)NCC1OC(C)(C)N(C(=O)OC(C)(C)C)[C@H]1CC(C(C)C)C(O)c1ccc(CC)c(OCCCOC)c1. The highest BCUT2D eigenvalue weighted by Gasteiger charge is 2.52. The molecule has 0 saturated carbocycles. The van der Waals surface area contributed by atoms with E-state index in [4.69, 9.17) is 18.9 Å². The van der Waals surface area contributed by atoms with Gasteiger partial charge in [-0.2, -0.15) is 0 Å². The molecule has 1 aromatic rings. The maximum absolute atomic E-state index is 13.7. The van der Waals surface area contributed by atoms with Crippen LogP contribution in [0.25, 0.3) is 0 Å². The molecular weight excluding hydrogens is 584 g/mol.